The molecule has 1 saturated heterocycles. The predicted molar refractivity (Wildman–Crippen MR) is 82.0 cm³/mol. The number of likely N-dealkylation sites (tertiary alicyclic amines) is 1. The molecule has 0 N–H and O–H groups in total. The molecule has 0 aromatic carbocycles. The summed E-state index contributed by atoms with van der Waals surface area (Å²) in [6.45, 7) is 3.94. The summed E-state index contributed by atoms with van der Waals surface area (Å²) in [5, 5.41) is 1.22. The number of thiazole rings is 1. The number of nitrogens with zero attached hydrogens (tertiary/aromatic N) is 2. The van der Waals surface area contributed by atoms with Crippen LogP contribution in [0.15, 0.2) is 6.20 Å². The quantitative estimate of drug-likeness (QED) is 0.850. The Morgan fingerprint density at radius 3 is 2.85 bits per heavy atom. The van der Waals surface area contributed by atoms with Gasteiger partial charge in [0.1, 0.15) is 0 Å². The smallest absolute Gasteiger partial charge is 0.222 e. The first-order valence-electron chi connectivity index (χ1n) is 7.92. The number of carbonyl (C=O) groups is 1. The Labute approximate surface area is 125 Å². The van der Waals surface area contributed by atoms with Crippen LogP contribution in [0.3, 0.4) is 0 Å². The van der Waals surface area contributed by atoms with Gasteiger partial charge in [0, 0.05) is 36.5 Å². The Bertz CT molecular complexity index is 465. The summed E-state index contributed by atoms with van der Waals surface area (Å²) in [7, 11) is 0. The van der Waals surface area contributed by atoms with Gasteiger partial charge in [-0.1, -0.05) is 12.8 Å². The van der Waals surface area contributed by atoms with Crippen LogP contribution in [-0.2, 0) is 4.79 Å². The molecule has 1 aromatic rings. The molecule has 1 amide bonds. The van der Waals surface area contributed by atoms with Crippen LogP contribution >= 0.6 is 11.3 Å². The lowest BCUT2D eigenvalue weighted by atomic mass is 9.97. The van der Waals surface area contributed by atoms with Gasteiger partial charge in [-0.2, -0.15) is 0 Å². The van der Waals surface area contributed by atoms with Crippen LogP contribution in [-0.4, -0.2) is 28.9 Å². The first-order chi connectivity index (χ1) is 9.72. The highest BCUT2D eigenvalue weighted by Gasteiger charge is 2.28. The number of aromatic nitrogens is 1. The van der Waals surface area contributed by atoms with Gasteiger partial charge in [-0.3, -0.25) is 4.79 Å². The molecule has 1 aromatic heterocycles. The minimum Gasteiger partial charge on any atom is -0.342 e. The minimum atomic E-state index is 0.384. The van der Waals surface area contributed by atoms with Gasteiger partial charge in [0.25, 0.3) is 0 Å². The van der Waals surface area contributed by atoms with Crippen molar-refractivity contribution in [3.63, 3.8) is 0 Å². The van der Waals surface area contributed by atoms with E-state index < -0.39 is 0 Å². The van der Waals surface area contributed by atoms with Crippen LogP contribution in [0, 0.1) is 12.8 Å². The van der Waals surface area contributed by atoms with E-state index in [9.17, 15) is 4.79 Å². The van der Waals surface area contributed by atoms with E-state index in [-0.39, 0.29) is 0 Å². The maximum atomic E-state index is 12.4. The molecule has 1 atom stereocenters. The average molecular weight is 292 g/mol. The van der Waals surface area contributed by atoms with Crippen LogP contribution in [0.2, 0.25) is 0 Å². The molecule has 0 bridgehead atoms. The highest BCUT2D eigenvalue weighted by atomic mass is 32.1. The fraction of sp³-hybridized carbons (Fsp3) is 0.750. The molecule has 2 fully saturated rings. The number of rotatable bonds is 3. The normalized spacial score (nSPS) is 24.2. The van der Waals surface area contributed by atoms with E-state index in [0.717, 1.165) is 25.9 Å². The van der Waals surface area contributed by atoms with E-state index in [4.69, 9.17) is 0 Å². The highest BCUT2D eigenvalue weighted by Crippen LogP contribution is 2.32. The van der Waals surface area contributed by atoms with E-state index in [0.29, 0.717) is 17.7 Å². The third kappa shape index (κ3) is 3.22. The van der Waals surface area contributed by atoms with Gasteiger partial charge in [0.15, 0.2) is 0 Å². The number of aryl methyl sites for hydroxylation is 1. The van der Waals surface area contributed by atoms with Gasteiger partial charge in [-0.05, 0) is 38.5 Å². The Morgan fingerprint density at radius 2 is 2.15 bits per heavy atom. The van der Waals surface area contributed by atoms with Crippen LogP contribution in [0.4, 0.5) is 0 Å². The first kappa shape index (κ1) is 14.1. The van der Waals surface area contributed by atoms with Crippen molar-refractivity contribution >= 4 is 17.2 Å². The molecule has 1 aliphatic carbocycles. The summed E-state index contributed by atoms with van der Waals surface area (Å²) >= 11 is 1.79. The first-order valence-corrected chi connectivity index (χ1v) is 8.74. The van der Waals surface area contributed by atoms with Gasteiger partial charge in [-0.15, -0.1) is 11.3 Å². The second kappa shape index (κ2) is 6.25. The molecule has 3 rings (SSSR count). The van der Waals surface area contributed by atoms with Gasteiger partial charge < -0.3 is 4.90 Å². The van der Waals surface area contributed by atoms with Crippen LogP contribution in [0.5, 0.6) is 0 Å². The van der Waals surface area contributed by atoms with Crippen LogP contribution in [0.1, 0.15) is 60.7 Å². The molecule has 3 nitrogen and oxygen atoms in total. The van der Waals surface area contributed by atoms with E-state index in [1.165, 1.54) is 42.0 Å². The Morgan fingerprint density at radius 1 is 1.35 bits per heavy atom. The van der Waals surface area contributed by atoms with E-state index in [2.05, 4.69) is 16.8 Å². The lowest BCUT2D eigenvalue weighted by molar-refractivity contribution is -0.133. The third-order valence-corrected chi connectivity index (χ3v) is 5.78. The van der Waals surface area contributed by atoms with Crippen molar-refractivity contribution in [2.24, 2.45) is 5.92 Å². The third-order valence-electron chi connectivity index (χ3n) is 4.70. The van der Waals surface area contributed by atoms with Crippen molar-refractivity contribution < 1.29 is 4.79 Å². The van der Waals surface area contributed by atoms with Crippen molar-refractivity contribution in [3.8, 4) is 0 Å². The van der Waals surface area contributed by atoms with Gasteiger partial charge >= 0.3 is 0 Å². The number of hydrogen-bond acceptors (Lipinski definition) is 3. The van der Waals surface area contributed by atoms with E-state index in [1.54, 1.807) is 11.3 Å². The summed E-state index contributed by atoms with van der Waals surface area (Å²) in [6, 6.07) is 0. The van der Waals surface area contributed by atoms with Crippen molar-refractivity contribution in [2.45, 2.75) is 57.8 Å². The number of carbonyl (C=O) groups excluding carboxylic acids is 1. The summed E-state index contributed by atoms with van der Waals surface area (Å²) < 4.78 is 0. The minimum absolute atomic E-state index is 0.384. The molecule has 0 unspecified atom stereocenters. The fourth-order valence-electron chi connectivity index (χ4n) is 3.56. The summed E-state index contributed by atoms with van der Waals surface area (Å²) in [5.74, 6) is 1.51. The molecule has 4 heteroatoms. The van der Waals surface area contributed by atoms with E-state index >= 15 is 0 Å². The monoisotopic (exact) mass is 292 g/mol. The standard InChI is InChI=1S/C16H24N2OS/c1-12-10-17-16(20-12)14-7-4-8-18(11-14)15(19)9-13-5-2-3-6-13/h10,13-14H,2-9,11H2,1H3/t14-/m1/s1. The van der Waals surface area contributed by atoms with Crippen molar-refractivity contribution in [3.05, 3.63) is 16.1 Å². The second-order valence-corrected chi connectivity index (χ2v) is 7.61. The van der Waals surface area contributed by atoms with Crippen LogP contribution in [0.25, 0.3) is 0 Å². The number of hydrogen-bond donors (Lipinski definition) is 0. The molecule has 0 radical (unpaired) electrons. The largest absolute Gasteiger partial charge is 0.342 e. The lowest BCUT2D eigenvalue weighted by Crippen LogP contribution is -2.39. The SMILES string of the molecule is Cc1cnc([C@@H]2CCCN(C(=O)CC3CCCC3)C2)s1. The average Bonchev–Trinajstić information content (AvgIpc) is 3.10. The second-order valence-electron chi connectivity index (χ2n) is 6.34. The van der Waals surface area contributed by atoms with Gasteiger partial charge in [0.05, 0.1) is 5.01 Å². The summed E-state index contributed by atoms with van der Waals surface area (Å²) in [6.07, 6.45) is 10.2. The summed E-state index contributed by atoms with van der Waals surface area (Å²) in [4.78, 5) is 20.3. The molecule has 0 spiro atoms. The zero-order chi connectivity index (χ0) is 13.9. The molecular formula is C16H24N2OS. The van der Waals surface area contributed by atoms with Crippen molar-refractivity contribution in [2.75, 3.05) is 13.1 Å². The maximum absolute atomic E-state index is 12.4. The predicted octanol–water partition coefficient (Wildman–Crippen LogP) is 3.74. The molecule has 20 heavy (non-hydrogen) atoms. The molecule has 2 aliphatic rings. The summed E-state index contributed by atoms with van der Waals surface area (Å²) in [5.41, 5.74) is 0. The molecular weight excluding hydrogens is 268 g/mol. The number of piperidine rings is 1. The van der Waals surface area contributed by atoms with E-state index in [1.807, 2.05) is 6.20 Å². The lowest BCUT2D eigenvalue weighted by Gasteiger charge is -2.32. The Balaban J connectivity index is 1.58. The van der Waals surface area contributed by atoms with Crippen molar-refractivity contribution in [1.82, 2.24) is 9.88 Å². The Hall–Kier alpha value is -0.900. The van der Waals surface area contributed by atoms with Crippen LogP contribution < -0.4 is 0 Å². The molecule has 2 heterocycles. The maximum Gasteiger partial charge on any atom is 0.222 e. The molecule has 1 saturated carbocycles. The number of amides is 1. The topological polar surface area (TPSA) is 33.2 Å². The zero-order valence-corrected chi connectivity index (χ0v) is 13.1. The molecule has 110 valence electrons. The van der Waals surface area contributed by atoms with Gasteiger partial charge in [0.2, 0.25) is 5.91 Å². The van der Waals surface area contributed by atoms with Crippen molar-refractivity contribution in [1.29, 1.82) is 0 Å². The Kier molecular flexibility index (Phi) is 4.39. The highest BCUT2D eigenvalue weighted by molar-refractivity contribution is 7.11. The fourth-order valence-corrected chi connectivity index (χ4v) is 4.46. The van der Waals surface area contributed by atoms with Gasteiger partial charge in [-0.25, -0.2) is 4.98 Å². The molecule has 1 aliphatic heterocycles. The zero-order valence-electron chi connectivity index (χ0n) is 12.3.